The SMILES string of the molecule is CCOC(=O)c1nc(COC(=O)Cn2cnc3c(oc4ccccc43)c2=O)cs1. The van der Waals surface area contributed by atoms with E-state index in [0.29, 0.717) is 16.8 Å². The first-order valence-corrected chi connectivity index (χ1v) is 9.58. The number of benzene rings is 1. The second-order valence-electron chi connectivity index (χ2n) is 5.98. The highest BCUT2D eigenvalue weighted by Crippen LogP contribution is 2.24. The molecule has 0 saturated carbocycles. The zero-order valence-corrected chi connectivity index (χ0v) is 16.1. The molecule has 0 saturated heterocycles. The average molecular weight is 413 g/mol. The molecule has 4 rings (SSSR count). The Kier molecular flexibility index (Phi) is 5.09. The summed E-state index contributed by atoms with van der Waals surface area (Å²) in [6, 6.07) is 7.18. The molecule has 0 aliphatic rings. The zero-order valence-electron chi connectivity index (χ0n) is 15.3. The number of rotatable bonds is 6. The van der Waals surface area contributed by atoms with E-state index in [0.717, 1.165) is 21.3 Å². The third-order valence-electron chi connectivity index (χ3n) is 4.03. The molecule has 3 heterocycles. The minimum absolute atomic E-state index is 0.0834. The summed E-state index contributed by atoms with van der Waals surface area (Å²) in [5, 5.41) is 2.53. The lowest BCUT2D eigenvalue weighted by molar-refractivity contribution is -0.145. The molecule has 0 fully saturated rings. The molecule has 0 N–H and O–H groups in total. The van der Waals surface area contributed by atoms with Gasteiger partial charge in [-0.2, -0.15) is 0 Å². The van der Waals surface area contributed by atoms with Crippen molar-refractivity contribution >= 4 is 45.3 Å². The number of aromatic nitrogens is 3. The third-order valence-corrected chi connectivity index (χ3v) is 4.90. The maximum atomic E-state index is 12.6. The number of esters is 2. The van der Waals surface area contributed by atoms with Crippen LogP contribution in [0, 0.1) is 0 Å². The minimum Gasteiger partial charge on any atom is -0.461 e. The number of nitrogens with zero attached hydrogens (tertiary/aromatic N) is 3. The van der Waals surface area contributed by atoms with Crippen LogP contribution in [0.25, 0.3) is 22.1 Å². The fourth-order valence-electron chi connectivity index (χ4n) is 2.73. The van der Waals surface area contributed by atoms with Crippen LogP contribution >= 0.6 is 11.3 Å². The van der Waals surface area contributed by atoms with Gasteiger partial charge in [0.2, 0.25) is 10.6 Å². The van der Waals surface area contributed by atoms with Crippen LogP contribution in [0.15, 0.2) is 45.2 Å². The lowest BCUT2D eigenvalue weighted by Crippen LogP contribution is -2.25. The molecule has 4 aromatic rings. The molecule has 0 amide bonds. The summed E-state index contributed by atoms with van der Waals surface area (Å²) < 4.78 is 16.7. The van der Waals surface area contributed by atoms with Crippen molar-refractivity contribution < 1.29 is 23.5 Å². The number of thiazole rings is 1. The first-order valence-electron chi connectivity index (χ1n) is 8.70. The second-order valence-corrected chi connectivity index (χ2v) is 6.84. The summed E-state index contributed by atoms with van der Waals surface area (Å²) in [7, 11) is 0. The molecule has 148 valence electrons. The molecular formula is C19H15N3O6S. The standard InChI is InChI=1S/C19H15N3O6S/c1-2-26-19(25)17-21-11(9-29-17)8-27-14(23)7-22-10-20-15-12-5-3-4-6-13(12)28-16(15)18(22)24/h3-6,9-10H,2,7-8H2,1H3. The Morgan fingerprint density at radius 3 is 2.90 bits per heavy atom. The van der Waals surface area contributed by atoms with Gasteiger partial charge in [-0.1, -0.05) is 12.1 Å². The smallest absolute Gasteiger partial charge is 0.367 e. The van der Waals surface area contributed by atoms with E-state index in [9.17, 15) is 14.4 Å². The first kappa shape index (κ1) is 18.8. The highest BCUT2D eigenvalue weighted by atomic mass is 32.1. The van der Waals surface area contributed by atoms with Gasteiger partial charge in [-0.15, -0.1) is 11.3 Å². The first-order chi connectivity index (χ1) is 14.1. The Labute approximate surface area is 167 Å². The van der Waals surface area contributed by atoms with Gasteiger partial charge in [0.15, 0.2) is 0 Å². The van der Waals surface area contributed by atoms with Crippen LogP contribution in [0.5, 0.6) is 0 Å². The van der Waals surface area contributed by atoms with E-state index in [-0.39, 0.29) is 30.3 Å². The maximum Gasteiger partial charge on any atom is 0.367 e. The monoisotopic (exact) mass is 413 g/mol. The van der Waals surface area contributed by atoms with Crippen molar-refractivity contribution in [1.29, 1.82) is 0 Å². The molecule has 3 aromatic heterocycles. The van der Waals surface area contributed by atoms with E-state index < -0.39 is 17.5 Å². The minimum atomic E-state index is -0.643. The van der Waals surface area contributed by atoms with E-state index in [2.05, 4.69) is 9.97 Å². The molecule has 9 nitrogen and oxygen atoms in total. The Morgan fingerprint density at radius 2 is 2.07 bits per heavy atom. The van der Waals surface area contributed by atoms with Crippen molar-refractivity contribution in [3.05, 3.63) is 57.0 Å². The fraction of sp³-hybridized carbons (Fsp3) is 0.211. The number of carbonyl (C=O) groups is 2. The van der Waals surface area contributed by atoms with Gasteiger partial charge in [-0.05, 0) is 19.1 Å². The molecule has 10 heteroatoms. The van der Waals surface area contributed by atoms with Crippen molar-refractivity contribution in [3.63, 3.8) is 0 Å². The summed E-state index contributed by atoms with van der Waals surface area (Å²) >= 11 is 1.10. The highest BCUT2D eigenvalue weighted by Gasteiger charge is 2.16. The number of carbonyl (C=O) groups excluding carboxylic acids is 2. The van der Waals surface area contributed by atoms with Gasteiger partial charge in [-0.25, -0.2) is 14.8 Å². The molecule has 0 spiro atoms. The van der Waals surface area contributed by atoms with Crippen LogP contribution < -0.4 is 5.56 Å². The Balaban J connectivity index is 1.45. The summed E-state index contributed by atoms with van der Waals surface area (Å²) in [5.74, 6) is -1.16. The van der Waals surface area contributed by atoms with E-state index in [4.69, 9.17) is 13.9 Å². The predicted octanol–water partition coefficient (Wildman–Crippen LogP) is 2.52. The summed E-state index contributed by atoms with van der Waals surface area (Å²) in [5.41, 5.74) is 1.03. The van der Waals surface area contributed by atoms with Crippen LogP contribution in [-0.2, 0) is 27.4 Å². The molecule has 0 radical (unpaired) electrons. The summed E-state index contributed by atoms with van der Waals surface area (Å²) in [6.45, 7) is 1.51. The Morgan fingerprint density at radius 1 is 1.24 bits per heavy atom. The average Bonchev–Trinajstić information content (AvgIpc) is 3.34. The van der Waals surface area contributed by atoms with Crippen molar-refractivity contribution in [3.8, 4) is 0 Å². The van der Waals surface area contributed by atoms with Crippen LogP contribution in [-0.4, -0.2) is 33.1 Å². The molecule has 0 aliphatic heterocycles. The van der Waals surface area contributed by atoms with Gasteiger partial charge in [-0.3, -0.25) is 14.2 Å². The molecular weight excluding hydrogens is 398 g/mol. The third kappa shape index (κ3) is 3.74. The number of fused-ring (bicyclic) bond motifs is 3. The number of ether oxygens (including phenoxy) is 2. The molecule has 0 bridgehead atoms. The second kappa shape index (κ2) is 7.84. The lowest BCUT2D eigenvalue weighted by Gasteiger charge is -2.05. The van der Waals surface area contributed by atoms with E-state index in [1.54, 1.807) is 24.4 Å². The van der Waals surface area contributed by atoms with Crippen molar-refractivity contribution in [2.75, 3.05) is 6.61 Å². The van der Waals surface area contributed by atoms with Gasteiger partial charge >= 0.3 is 11.9 Å². The topological polar surface area (TPSA) is 114 Å². The number of furan rings is 1. The van der Waals surface area contributed by atoms with E-state index in [1.807, 2.05) is 12.1 Å². The Hall–Kier alpha value is -3.53. The lowest BCUT2D eigenvalue weighted by atomic mass is 10.2. The van der Waals surface area contributed by atoms with Crippen LogP contribution in [0.4, 0.5) is 0 Å². The van der Waals surface area contributed by atoms with E-state index in [1.165, 1.54) is 6.33 Å². The van der Waals surface area contributed by atoms with Gasteiger partial charge in [0.25, 0.3) is 5.56 Å². The molecule has 0 unspecified atom stereocenters. The summed E-state index contributed by atoms with van der Waals surface area (Å²) in [6.07, 6.45) is 1.29. The normalized spacial score (nSPS) is 11.1. The van der Waals surface area contributed by atoms with Crippen molar-refractivity contribution in [2.24, 2.45) is 0 Å². The Bertz CT molecular complexity index is 1270. The predicted molar refractivity (Wildman–Crippen MR) is 104 cm³/mol. The van der Waals surface area contributed by atoms with Crippen LogP contribution in [0.2, 0.25) is 0 Å². The molecule has 0 aliphatic carbocycles. The van der Waals surface area contributed by atoms with Gasteiger partial charge < -0.3 is 13.9 Å². The molecule has 0 atom stereocenters. The number of hydrogen-bond acceptors (Lipinski definition) is 9. The van der Waals surface area contributed by atoms with Crippen molar-refractivity contribution in [2.45, 2.75) is 20.1 Å². The van der Waals surface area contributed by atoms with E-state index >= 15 is 0 Å². The quantitative estimate of drug-likeness (QED) is 0.443. The van der Waals surface area contributed by atoms with Crippen LogP contribution in [0.1, 0.15) is 22.4 Å². The molecule has 1 aromatic carbocycles. The largest absolute Gasteiger partial charge is 0.461 e. The van der Waals surface area contributed by atoms with Crippen molar-refractivity contribution in [1.82, 2.24) is 14.5 Å². The van der Waals surface area contributed by atoms with Gasteiger partial charge in [0.05, 0.1) is 18.6 Å². The highest BCUT2D eigenvalue weighted by molar-refractivity contribution is 7.11. The fourth-order valence-corrected chi connectivity index (χ4v) is 3.42. The summed E-state index contributed by atoms with van der Waals surface area (Å²) in [4.78, 5) is 44.7. The van der Waals surface area contributed by atoms with Gasteiger partial charge in [0, 0.05) is 10.8 Å². The molecule has 29 heavy (non-hydrogen) atoms. The zero-order chi connectivity index (χ0) is 20.4. The number of para-hydroxylation sites is 1. The van der Waals surface area contributed by atoms with Crippen LogP contribution in [0.3, 0.4) is 0 Å². The van der Waals surface area contributed by atoms with Gasteiger partial charge in [0.1, 0.15) is 24.3 Å². The number of hydrogen-bond donors (Lipinski definition) is 0. The maximum absolute atomic E-state index is 12.6.